The van der Waals surface area contributed by atoms with Crippen molar-refractivity contribution >= 4 is 5.96 Å². The second-order valence-electron chi connectivity index (χ2n) is 5.85. The Kier molecular flexibility index (Phi) is 2.02. The summed E-state index contributed by atoms with van der Waals surface area (Å²) in [5.41, 5.74) is 0.485. The molecular weight excluding hydrogens is 174 g/mol. The first-order chi connectivity index (χ1) is 6.38. The third-order valence-electron chi connectivity index (χ3n) is 3.24. The van der Waals surface area contributed by atoms with Crippen LogP contribution in [0.15, 0.2) is 0 Å². The fraction of sp³-hybridized carbons (Fsp3) is 0.909. The molecule has 0 bridgehead atoms. The summed E-state index contributed by atoms with van der Waals surface area (Å²) in [7, 11) is 0. The zero-order valence-electron chi connectivity index (χ0n) is 9.78. The van der Waals surface area contributed by atoms with Crippen molar-refractivity contribution < 1.29 is 4.58 Å². The molecule has 3 heteroatoms. The van der Waals surface area contributed by atoms with Crippen molar-refractivity contribution in [3.05, 3.63) is 0 Å². The molecule has 2 rings (SSSR count). The molecule has 2 aliphatic rings. The van der Waals surface area contributed by atoms with Gasteiger partial charge in [-0.1, -0.05) is 0 Å². The van der Waals surface area contributed by atoms with Crippen LogP contribution >= 0.6 is 0 Å². The maximum Gasteiger partial charge on any atom is 0.346 e. The third kappa shape index (κ3) is 1.86. The third-order valence-corrected chi connectivity index (χ3v) is 3.24. The Hall–Kier alpha value is -0.730. The first-order valence-corrected chi connectivity index (χ1v) is 5.56. The average molecular weight is 196 g/mol. The van der Waals surface area contributed by atoms with Gasteiger partial charge in [-0.25, -0.2) is 0 Å². The predicted octanol–water partition coefficient (Wildman–Crippen LogP) is 0.899. The largest absolute Gasteiger partial charge is 0.346 e. The van der Waals surface area contributed by atoms with E-state index in [4.69, 9.17) is 0 Å². The number of nitrogens with one attached hydrogen (secondary N) is 2. The molecule has 0 fully saturated rings. The monoisotopic (exact) mass is 196 g/mol. The van der Waals surface area contributed by atoms with Gasteiger partial charge in [0.05, 0.1) is 24.2 Å². The molecule has 2 aliphatic heterocycles. The summed E-state index contributed by atoms with van der Waals surface area (Å²) in [6.45, 7) is 11.4. The standard InChI is InChI=1S/C11H21N3/c1-10(2)5-7-14-8-6-11(3,4)13-9(14)12-10/h5-8H2,1-4H3,(H,12,13)/p+1. The Morgan fingerprint density at radius 3 is 1.79 bits per heavy atom. The van der Waals surface area contributed by atoms with Gasteiger partial charge in [-0.05, 0) is 27.7 Å². The van der Waals surface area contributed by atoms with Crippen LogP contribution in [-0.4, -0.2) is 34.7 Å². The molecule has 0 saturated heterocycles. The van der Waals surface area contributed by atoms with Gasteiger partial charge in [0, 0.05) is 12.8 Å². The Bertz CT molecular complexity index is 250. The van der Waals surface area contributed by atoms with Gasteiger partial charge < -0.3 is 0 Å². The number of hydrogen-bond acceptors (Lipinski definition) is 2. The van der Waals surface area contributed by atoms with Crippen molar-refractivity contribution in [1.82, 2.24) is 10.6 Å². The van der Waals surface area contributed by atoms with Crippen LogP contribution in [0, 0.1) is 0 Å². The molecule has 0 aliphatic carbocycles. The Balaban J connectivity index is 2.19. The molecule has 14 heavy (non-hydrogen) atoms. The summed E-state index contributed by atoms with van der Waals surface area (Å²) < 4.78 is 2.43. The maximum atomic E-state index is 3.58. The molecule has 0 atom stereocenters. The zero-order chi connectivity index (χ0) is 10.4. The van der Waals surface area contributed by atoms with Crippen molar-refractivity contribution in [1.29, 1.82) is 0 Å². The minimum absolute atomic E-state index is 0.242. The van der Waals surface area contributed by atoms with Gasteiger partial charge in [0.2, 0.25) is 0 Å². The summed E-state index contributed by atoms with van der Waals surface area (Å²) in [4.78, 5) is 0. The number of guanidine groups is 1. The second-order valence-corrected chi connectivity index (χ2v) is 5.85. The molecule has 3 nitrogen and oxygen atoms in total. The smallest absolute Gasteiger partial charge is 0.273 e. The van der Waals surface area contributed by atoms with E-state index in [9.17, 15) is 0 Å². The zero-order valence-corrected chi connectivity index (χ0v) is 9.78. The molecule has 0 unspecified atom stereocenters. The van der Waals surface area contributed by atoms with Crippen LogP contribution in [0.4, 0.5) is 0 Å². The lowest BCUT2D eigenvalue weighted by molar-refractivity contribution is -0.545. The molecule has 0 aromatic heterocycles. The molecule has 80 valence electrons. The molecule has 0 saturated carbocycles. The first kappa shape index (κ1) is 9.81. The van der Waals surface area contributed by atoms with E-state index in [-0.39, 0.29) is 11.1 Å². The van der Waals surface area contributed by atoms with Crippen molar-refractivity contribution in [2.45, 2.75) is 51.6 Å². The molecule has 0 amide bonds. The lowest BCUT2D eigenvalue weighted by Gasteiger charge is -2.37. The van der Waals surface area contributed by atoms with Crippen LogP contribution in [0.2, 0.25) is 0 Å². The van der Waals surface area contributed by atoms with Gasteiger partial charge in [0.25, 0.3) is 0 Å². The van der Waals surface area contributed by atoms with Crippen molar-refractivity contribution in [3.8, 4) is 0 Å². The summed E-state index contributed by atoms with van der Waals surface area (Å²) >= 11 is 0. The Morgan fingerprint density at radius 2 is 1.36 bits per heavy atom. The van der Waals surface area contributed by atoms with Crippen LogP contribution in [0.1, 0.15) is 40.5 Å². The van der Waals surface area contributed by atoms with Gasteiger partial charge in [-0.15, -0.1) is 0 Å². The maximum absolute atomic E-state index is 3.58. The fourth-order valence-electron chi connectivity index (χ4n) is 2.12. The Labute approximate surface area is 86.6 Å². The Morgan fingerprint density at radius 1 is 0.929 bits per heavy atom. The molecule has 0 radical (unpaired) electrons. The van der Waals surface area contributed by atoms with E-state index in [1.54, 1.807) is 0 Å². The molecule has 0 spiro atoms. The van der Waals surface area contributed by atoms with E-state index in [0.717, 1.165) is 0 Å². The van der Waals surface area contributed by atoms with Crippen molar-refractivity contribution in [2.24, 2.45) is 0 Å². The van der Waals surface area contributed by atoms with Crippen LogP contribution in [0.25, 0.3) is 0 Å². The fourth-order valence-corrected chi connectivity index (χ4v) is 2.12. The van der Waals surface area contributed by atoms with Gasteiger partial charge in [0.1, 0.15) is 0 Å². The number of rotatable bonds is 0. The van der Waals surface area contributed by atoms with E-state index in [1.165, 1.54) is 31.9 Å². The molecule has 0 aromatic rings. The summed E-state index contributed by atoms with van der Waals surface area (Å²) in [5.74, 6) is 1.23. The molecule has 2 N–H and O–H groups in total. The van der Waals surface area contributed by atoms with E-state index in [0.29, 0.717) is 0 Å². The minimum Gasteiger partial charge on any atom is -0.273 e. The molecular formula is C11H22N3+. The highest BCUT2D eigenvalue weighted by molar-refractivity contribution is 5.77. The van der Waals surface area contributed by atoms with E-state index < -0.39 is 0 Å². The van der Waals surface area contributed by atoms with Crippen molar-refractivity contribution in [3.63, 3.8) is 0 Å². The van der Waals surface area contributed by atoms with Crippen LogP contribution in [0.5, 0.6) is 0 Å². The average Bonchev–Trinajstić information content (AvgIpc) is 1.99. The first-order valence-electron chi connectivity index (χ1n) is 5.56. The van der Waals surface area contributed by atoms with Gasteiger partial charge in [0.15, 0.2) is 0 Å². The predicted molar refractivity (Wildman–Crippen MR) is 58.7 cm³/mol. The highest BCUT2D eigenvalue weighted by atomic mass is 15.3. The SMILES string of the molecule is CC1(C)CC[N+]2=C(N1)NC(C)(C)CC2. The second kappa shape index (κ2) is 2.88. The number of nitrogens with zero attached hydrogens (tertiary/aromatic N) is 1. The van der Waals surface area contributed by atoms with Crippen LogP contribution < -0.4 is 10.6 Å². The van der Waals surface area contributed by atoms with Crippen LogP contribution in [0.3, 0.4) is 0 Å². The lowest BCUT2D eigenvalue weighted by Crippen LogP contribution is -2.65. The van der Waals surface area contributed by atoms with E-state index in [1.807, 2.05) is 0 Å². The quantitative estimate of drug-likeness (QED) is 0.563. The highest BCUT2D eigenvalue weighted by Gasteiger charge is 2.38. The molecule has 2 heterocycles. The van der Waals surface area contributed by atoms with Crippen LogP contribution in [-0.2, 0) is 0 Å². The van der Waals surface area contributed by atoms with E-state index >= 15 is 0 Å². The van der Waals surface area contributed by atoms with Gasteiger partial charge in [-0.2, -0.15) is 0 Å². The number of hydrogen-bond donors (Lipinski definition) is 2. The van der Waals surface area contributed by atoms with Crippen molar-refractivity contribution in [2.75, 3.05) is 13.1 Å². The normalized spacial score (nSPS) is 28.9. The summed E-state index contributed by atoms with van der Waals surface area (Å²) in [6.07, 6.45) is 2.44. The van der Waals surface area contributed by atoms with E-state index in [2.05, 4.69) is 42.9 Å². The topological polar surface area (TPSA) is 27.1 Å². The van der Waals surface area contributed by atoms with Gasteiger partial charge in [-0.3, -0.25) is 15.2 Å². The summed E-state index contributed by atoms with van der Waals surface area (Å²) in [6, 6.07) is 0. The molecule has 0 aromatic carbocycles. The summed E-state index contributed by atoms with van der Waals surface area (Å²) in [5, 5.41) is 7.16. The lowest BCUT2D eigenvalue weighted by atomic mass is 9.95. The van der Waals surface area contributed by atoms with Gasteiger partial charge >= 0.3 is 5.96 Å². The highest BCUT2D eigenvalue weighted by Crippen LogP contribution is 2.18. The minimum atomic E-state index is 0.242.